The fourth-order valence-electron chi connectivity index (χ4n) is 2.33. The van der Waals surface area contributed by atoms with Crippen molar-refractivity contribution in [3.63, 3.8) is 0 Å². The molecule has 0 spiro atoms. The molecule has 24 heavy (non-hydrogen) atoms. The summed E-state index contributed by atoms with van der Waals surface area (Å²) in [5, 5.41) is 6.18. The number of nitrogens with zero attached hydrogens (tertiary/aromatic N) is 1. The minimum Gasteiger partial charge on any atom is -0.496 e. The van der Waals surface area contributed by atoms with Gasteiger partial charge in [0.2, 0.25) is 5.91 Å². The summed E-state index contributed by atoms with van der Waals surface area (Å²) in [6, 6.07) is 15.8. The molecule has 0 aromatic heterocycles. The summed E-state index contributed by atoms with van der Waals surface area (Å²) in [4.78, 5) is 14.0. The molecule has 5 heteroatoms. The molecule has 0 saturated carbocycles. The molecular weight excluding hydrogens is 302 g/mol. The van der Waals surface area contributed by atoms with Gasteiger partial charge in [0.25, 0.3) is 0 Å². The third-order valence-corrected chi connectivity index (χ3v) is 3.73. The van der Waals surface area contributed by atoms with Gasteiger partial charge in [-0.25, -0.2) is 0 Å². The summed E-state index contributed by atoms with van der Waals surface area (Å²) in [7, 11) is 5.65. The maximum atomic E-state index is 12.0. The number of ether oxygens (including phenoxy) is 1. The summed E-state index contributed by atoms with van der Waals surface area (Å²) in [6.07, 6.45) is 0.421. The molecule has 0 aliphatic rings. The van der Waals surface area contributed by atoms with E-state index in [1.807, 2.05) is 62.6 Å². The number of carbonyl (C=O) groups excluding carboxylic acids is 1. The van der Waals surface area contributed by atoms with E-state index in [-0.39, 0.29) is 5.91 Å². The first kappa shape index (κ1) is 17.7. The first-order valence-electron chi connectivity index (χ1n) is 8.00. The van der Waals surface area contributed by atoms with E-state index in [4.69, 9.17) is 4.74 Å². The lowest BCUT2D eigenvalue weighted by atomic mass is 10.2. The van der Waals surface area contributed by atoms with Gasteiger partial charge in [-0.15, -0.1) is 0 Å². The maximum Gasteiger partial charge on any atom is 0.222 e. The highest BCUT2D eigenvalue weighted by atomic mass is 16.5. The molecule has 0 aliphatic carbocycles. The van der Waals surface area contributed by atoms with Gasteiger partial charge >= 0.3 is 0 Å². The van der Waals surface area contributed by atoms with Crippen LogP contribution in [0.4, 0.5) is 11.4 Å². The third kappa shape index (κ3) is 5.19. The van der Waals surface area contributed by atoms with Crippen molar-refractivity contribution >= 4 is 17.3 Å². The summed E-state index contributed by atoms with van der Waals surface area (Å²) >= 11 is 0. The summed E-state index contributed by atoms with van der Waals surface area (Å²) in [5.41, 5.74) is 3.13. The van der Waals surface area contributed by atoms with Crippen molar-refractivity contribution in [2.45, 2.75) is 13.0 Å². The van der Waals surface area contributed by atoms with Crippen LogP contribution in [0, 0.1) is 0 Å². The number of nitrogens with one attached hydrogen (secondary N) is 2. The summed E-state index contributed by atoms with van der Waals surface area (Å²) < 4.78 is 5.28. The molecule has 5 nitrogen and oxygen atoms in total. The molecule has 0 unspecified atom stereocenters. The quantitative estimate of drug-likeness (QED) is 0.783. The van der Waals surface area contributed by atoms with Crippen LogP contribution in [0.3, 0.4) is 0 Å². The van der Waals surface area contributed by atoms with Crippen LogP contribution >= 0.6 is 0 Å². The predicted octanol–water partition coefficient (Wildman–Crippen LogP) is 2.88. The largest absolute Gasteiger partial charge is 0.496 e. The van der Waals surface area contributed by atoms with E-state index < -0.39 is 0 Å². The first-order valence-corrected chi connectivity index (χ1v) is 8.00. The lowest BCUT2D eigenvalue weighted by Gasteiger charge is -2.13. The topological polar surface area (TPSA) is 53.6 Å². The van der Waals surface area contributed by atoms with Crippen molar-refractivity contribution in [1.29, 1.82) is 0 Å². The molecular formula is C19H25N3O2. The number of methoxy groups -OCH3 is 1. The zero-order chi connectivity index (χ0) is 17.4. The predicted molar refractivity (Wildman–Crippen MR) is 98.7 cm³/mol. The van der Waals surface area contributed by atoms with Crippen LogP contribution in [0.5, 0.6) is 5.75 Å². The Balaban J connectivity index is 1.73. The Labute approximate surface area is 143 Å². The second-order valence-electron chi connectivity index (χ2n) is 5.71. The van der Waals surface area contributed by atoms with Crippen LogP contribution in [0.1, 0.15) is 12.0 Å². The SMILES string of the molecule is COc1ccccc1CNC(=O)CCNc1ccc(N(C)C)cc1. The maximum absolute atomic E-state index is 12.0. The van der Waals surface area contributed by atoms with Crippen molar-refractivity contribution < 1.29 is 9.53 Å². The molecule has 1 amide bonds. The second-order valence-corrected chi connectivity index (χ2v) is 5.71. The van der Waals surface area contributed by atoms with E-state index >= 15 is 0 Å². The molecule has 0 radical (unpaired) electrons. The van der Waals surface area contributed by atoms with Crippen LogP contribution in [-0.4, -0.2) is 33.7 Å². The molecule has 0 bridgehead atoms. The minimum atomic E-state index is 0.0123. The molecule has 2 aromatic carbocycles. The van der Waals surface area contributed by atoms with E-state index in [2.05, 4.69) is 15.5 Å². The van der Waals surface area contributed by atoms with Crippen LogP contribution in [0.2, 0.25) is 0 Å². The van der Waals surface area contributed by atoms with Crippen LogP contribution in [0.25, 0.3) is 0 Å². The number of benzene rings is 2. The standard InChI is InChI=1S/C19H25N3O2/c1-22(2)17-10-8-16(9-11-17)20-13-12-19(23)21-14-15-6-4-5-7-18(15)24-3/h4-11,20H,12-14H2,1-3H3,(H,21,23). The highest BCUT2D eigenvalue weighted by molar-refractivity contribution is 5.76. The number of anilines is 2. The zero-order valence-electron chi connectivity index (χ0n) is 14.5. The van der Waals surface area contributed by atoms with Gasteiger partial charge in [-0.1, -0.05) is 18.2 Å². The van der Waals surface area contributed by atoms with Gasteiger partial charge in [0.1, 0.15) is 5.75 Å². The second kappa shape index (κ2) is 8.82. The fraction of sp³-hybridized carbons (Fsp3) is 0.316. The lowest BCUT2D eigenvalue weighted by Crippen LogP contribution is -2.25. The Morgan fingerprint density at radius 1 is 1.08 bits per heavy atom. The number of hydrogen-bond donors (Lipinski definition) is 2. The summed E-state index contributed by atoms with van der Waals surface area (Å²) in [5.74, 6) is 0.801. The van der Waals surface area contributed by atoms with Crippen LogP contribution in [0.15, 0.2) is 48.5 Å². The van der Waals surface area contributed by atoms with E-state index in [9.17, 15) is 4.79 Å². The van der Waals surface area contributed by atoms with E-state index in [0.717, 1.165) is 22.7 Å². The Morgan fingerprint density at radius 3 is 2.46 bits per heavy atom. The Morgan fingerprint density at radius 2 is 1.79 bits per heavy atom. The van der Waals surface area contributed by atoms with Gasteiger partial charge in [-0.2, -0.15) is 0 Å². The van der Waals surface area contributed by atoms with Crippen molar-refractivity contribution in [3.05, 3.63) is 54.1 Å². The molecule has 0 aliphatic heterocycles. The monoisotopic (exact) mass is 327 g/mol. The normalized spacial score (nSPS) is 10.1. The van der Waals surface area contributed by atoms with Gasteiger partial charge < -0.3 is 20.3 Å². The van der Waals surface area contributed by atoms with Gasteiger partial charge in [-0.05, 0) is 30.3 Å². The number of amides is 1. The Hall–Kier alpha value is -2.69. The van der Waals surface area contributed by atoms with Crippen LogP contribution in [-0.2, 0) is 11.3 Å². The number of hydrogen-bond acceptors (Lipinski definition) is 4. The molecule has 2 aromatic rings. The molecule has 2 rings (SSSR count). The van der Waals surface area contributed by atoms with Crippen molar-refractivity contribution in [1.82, 2.24) is 5.32 Å². The molecule has 2 N–H and O–H groups in total. The zero-order valence-corrected chi connectivity index (χ0v) is 14.5. The highest BCUT2D eigenvalue weighted by Gasteiger charge is 2.05. The highest BCUT2D eigenvalue weighted by Crippen LogP contribution is 2.17. The number of carbonyl (C=O) groups is 1. The van der Waals surface area contributed by atoms with Gasteiger partial charge in [0.05, 0.1) is 7.11 Å². The molecule has 128 valence electrons. The van der Waals surface area contributed by atoms with Crippen molar-refractivity contribution in [2.75, 3.05) is 38.0 Å². The van der Waals surface area contributed by atoms with E-state index in [1.165, 1.54) is 0 Å². The molecule has 0 fully saturated rings. The molecule has 0 saturated heterocycles. The fourth-order valence-corrected chi connectivity index (χ4v) is 2.33. The Bertz CT molecular complexity index is 654. The third-order valence-electron chi connectivity index (χ3n) is 3.73. The number of rotatable bonds is 8. The van der Waals surface area contributed by atoms with E-state index in [1.54, 1.807) is 7.11 Å². The smallest absolute Gasteiger partial charge is 0.222 e. The Kier molecular flexibility index (Phi) is 6.49. The summed E-state index contributed by atoms with van der Waals surface area (Å²) in [6.45, 7) is 1.07. The minimum absolute atomic E-state index is 0.0123. The van der Waals surface area contributed by atoms with Gasteiger partial charge in [-0.3, -0.25) is 4.79 Å². The van der Waals surface area contributed by atoms with Crippen molar-refractivity contribution in [3.8, 4) is 5.75 Å². The van der Waals surface area contributed by atoms with E-state index in [0.29, 0.717) is 19.5 Å². The van der Waals surface area contributed by atoms with Gasteiger partial charge in [0.15, 0.2) is 0 Å². The molecule has 0 heterocycles. The molecule has 0 atom stereocenters. The average Bonchev–Trinajstić information content (AvgIpc) is 2.60. The number of para-hydroxylation sites is 1. The lowest BCUT2D eigenvalue weighted by molar-refractivity contribution is -0.121. The van der Waals surface area contributed by atoms with Crippen LogP contribution < -0.4 is 20.3 Å². The average molecular weight is 327 g/mol. The van der Waals surface area contributed by atoms with Crippen molar-refractivity contribution in [2.24, 2.45) is 0 Å². The first-order chi connectivity index (χ1) is 11.6. The van der Waals surface area contributed by atoms with Gasteiger partial charge in [0, 0.05) is 50.5 Å².